The van der Waals surface area contributed by atoms with Gasteiger partial charge in [-0.05, 0) is 42.3 Å². The Hall–Kier alpha value is -1.25. The van der Waals surface area contributed by atoms with Gasteiger partial charge >= 0.3 is 0 Å². The van der Waals surface area contributed by atoms with Crippen molar-refractivity contribution in [2.24, 2.45) is 5.92 Å². The van der Waals surface area contributed by atoms with Gasteiger partial charge in [0.2, 0.25) is 0 Å². The summed E-state index contributed by atoms with van der Waals surface area (Å²) in [5.74, 6) is 0.702. The molecule has 0 aliphatic rings. The van der Waals surface area contributed by atoms with Crippen LogP contribution in [0.1, 0.15) is 19.4 Å². The van der Waals surface area contributed by atoms with E-state index in [1.807, 2.05) is 6.07 Å². The average molecular weight is 271 g/mol. The molecule has 0 amide bonds. The second-order valence-corrected chi connectivity index (χ2v) is 6.23. The van der Waals surface area contributed by atoms with Crippen molar-refractivity contribution >= 4 is 11.8 Å². The molecule has 0 aliphatic heterocycles. The van der Waals surface area contributed by atoms with Gasteiger partial charge in [0.15, 0.2) is 0 Å². The lowest BCUT2D eigenvalue weighted by Crippen LogP contribution is -2.18. The minimum Gasteiger partial charge on any atom is -0.312 e. The molecule has 0 spiro atoms. The Morgan fingerprint density at radius 1 is 0.895 bits per heavy atom. The van der Waals surface area contributed by atoms with Gasteiger partial charge in [-0.15, -0.1) is 0 Å². The van der Waals surface area contributed by atoms with Crippen molar-refractivity contribution in [3.63, 3.8) is 0 Å². The molecule has 0 saturated heterocycles. The van der Waals surface area contributed by atoms with Gasteiger partial charge in [-0.2, -0.15) is 0 Å². The number of benzene rings is 2. The summed E-state index contributed by atoms with van der Waals surface area (Å²) >= 11 is 1.80. The maximum Gasteiger partial charge on any atom is 0.0205 e. The van der Waals surface area contributed by atoms with E-state index in [0.717, 1.165) is 13.1 Å². The Bertz CT molecular complexity index is 476. The van der Waals surface area contributed by atoms with Crippen molar-refractivity contribution in [3.05, 3.63) is 60.2 Å². The highest BCUT2D eigenvalue weighted by molar-refractivity contribution is 7.99. The molecule has 19 heavy (non-hydrogen) atoms. The van der Waals surface area contributed by atoms with E-state index in [2.05, 4.69) is 67.7 Å². The molecule has 0 bridgehead atoms. The fourth-order valence-electron chi connectivity index (χ4n) is 1.81. The quantitative estimate of drug-likeness (QED) is 0.825. The van der Waals surface area contributed by atoms with Gasteiger partial charge in [0.25, 0.3) is 0 Å². The third-order valence-electron chi connectivity index (χ3n) is 2.78. The summed E-state index contributed by atoms with van der Waals surface area (Å²) < 4.78 is 0. The fourth-order valence-corrected chi connectivity index (χ4v) is 2.64. The van der Waals surface area contributed by atoms with Gasteiger partial charge in [-0.3, -0.25) is 0 Å². The molecule has 0 unspecified atom stereocenters. The highest BCUT2D eigenvalue weighted by atomic mass is 32.2. The van der Waals surface area contributed by atoms with E-state index < -0.39 is 0 Å². The van der Waals surface area contributed by atoms with Crippen molar-refractivity contribution < 1.29 is 0 Å². The predicted molar refractivity (Wildman–Crippen MR) is 83.6 cm³/mol. The highest BCUT2D eigenvalue weighted by Crippen LogP contribution is 2.27. The Morgan fingerprint density at radius 2 is 1.53 bits per heavy atom. The first-order chi connectivity index (χ1) is 9.24. The molecule has 0 radical (unpaired) electrons. The topological polar surface area (TPSA) is 12.0 Å². The van der Waals surface area contributed by atoms with Crippen molar-refractivity contribution in [3.8, 4) is 0 Å². The SMILES string of the molecule is CC(C)CNCc1ccc(Sc2ccccc2)cc1. The maximum atomic E-state index is 3.46. The minimum atomic E-state index is 0.702. The van der Waals surface area contributed by atoms with Gasteiger partial charge in [0, 0.05) is 16.3 Å². The van der Waals surface area contributed by atoms with Crippen LogP contribution in [0, 0.1) is 5.92 Å². The third-order valence-corrected chi connectivity index (χ3v) is 3.80. The van der Waals surface area contributed by atoms with Gasteiger partial charge < -0.3 is 5.32 Å². The second-order valence-electron chi connectivity index (χ2n) is 5.08. The van der Waals surface area contributed by atoms with E-state index in [1.54, 1.807) is 11.8 Å². The normalized spacial score (nSPS) is 10.9. The zero-order valence-electron chi connectivity index (χ0n) is 11.6. The van der Waals surface area contributed by atoms with Crippen LogP contribution in [0.3, 0.4) is 0 Å². The molecule has 0 fully saturated rings. The second kappa shape index (κ2) is 7.37. The standard InChI is InChI=1S/C17H21NS/c1-14(2)12-18-13-15-8-10-17(11-9-15)19-16-6-4-3-5-7-16/h3-11,14,18H,12-13H2,1-2H3. The molecule has 2 heteroatoms. The van der Waals surface area contributed by atoms with E-state index >= 15 is 0 Å². The van der Waals surface area contributed by atoms with E-state index in [1.165, 1.54) is 15.4 Å². The maximum absolute atomic E-state index is 3.46. The molecule has 1 nitrogen and oxygen atoms in total. The first kappa shape index (κ1) is 14.2. The van der Waals surface area contributed by atoms with Crippen LogP contribution in [-0.2, 0) is 6.54 Å². The smallest absolute Gasteiger partial charge is 0.0205 e. The van der Waals surface area contributed by atoms with Crippen LogP contribution < -0.4 is 5.32 Å². The molecular formula is C17H21NS. The minimum absolute atomic E-state index is 0.702. The van der Waals surface area contributed by atoms with Crippen molar-refractivity contribution in [1.29, 1.82) is 0 Å². The Kier molecular flexibility index (Phi) is 5.49. The Morgan fingerprint density at radius 3 is 2.16 bits per heavy atom. The summed E-state index contributed by atoms with van der Waals surface area (Å²) in [5, 5.41) is 3.46. The van der Waals surface area contributed by atoms with E-state index in [0.29, 0.717) is 5.92 Å². The number of rotatable bonds is 6. The first-order valence-electron chi connectivity index (χ1n) is 6.76. The molecule has 2 rings (SSSR count). The molecule has 0 aromatic heterocycles. The molecule has 0 saturated carbocycles. The molecule has 0 aliphatic carbocycles. The molecule has 100 valence electrons. The van der Waals surface area contributed by atoms with Gasteiger partial charge in [-0.1, -0.05) is 55.9 Å². The van der Waals surface area contributed by atoms with Crippen LogP contribution in [0.15, 0.2) is 64.4 Å². The van der Waals surface area contributed by atoms with Crippen LogP contribution in [0.5, 0.6) is 0 Å². The largest absolute Gasteiger partial charge is 0.312 e. The van der Waals surface area contributed by atoms with Crippen LogP contribution in [0.25, 0.3) is 0 Å². The monoisotopic (exact) mass is 271 g/mol. The summed E-state index contributed by atoms with van der Waals surface area (Å²) in [5.41, 5.74) is 1.35. The van der Waals surface area contributed by atoms with Crippen molar-refractivity contribution in [2.45, 2.75) is 30.2 Å². The summed E-state index contributed by atoms with van der Waals surface area (Å²) in [6, 6.07) is 19.3. The average Bonchev–Trinajstić information content (AvgIpc) is 2.42. The predicted octanol–water partition coefficient (Wildman–Crippen LogP) is 4.58. The summed E-state index contributed by atoms with van der Waals surface area (Å²) in [6.45, 7) is 6.48. The zero-order chi connectivity index (χ0) is 13.5. The molecule has 2 aromatic carbocycles. The van der Waals surface area contributed by atoms with Crippen LogP contribution in [0.2, 0.25) is 0 Å². The van der Waals surface area contributed by atoms with Crippen molar-refractivity contribution in [1.82, 2.24) is 5.32 Å². The lowest BCUT2D eigenvalue weighted by atomic mass is 10.2. The summed E-state index contributed by atoms with van der Waals surface area (Å²) in [4.78, 5) is 2.58. The van der Waals surface area contributed by atoms with Crippen LogP contribution >= 0.6 is 11.8 Å². The molecule has 1 N–H and O–H groups in total. The molecule has 0 heterocycles. The number of hydrogen-bond donors (Lipinski definition) is 1. The van der Waals surface area contributed by atoms with Gasteiger partial charge in [0.05, 0.1) is 0 Å². The lowest BCUT2D eigenvalue weighted by Gasteiger charge is -2.08. The first-order valence-corrected chi connectivity index (χ1v) is 7.58. The lowest BCUT2D eigenvalue weighted by molar-refractivity contribution is 0.552. The molecule has 2 aromatic rings. The number of nitrogens with one attached hydrogen (secondary N) is 1. The summed E-state index contributed by atoms with van der Waals surface area (Å²) in [6.07, 6.45) is 0. The van der Waals surface area contributed by atoms with Crippen LogP contribution in [-0.4, -0.2) is 6.54 Å². The third kappa shape index (κ3) is 5.09. The summed E-state index contributed by atoms with van der Waals surface area (Å²) in [7, 11) is 0. The van der Waals surface area contributed by atoms with E-state index in [-0.39, 0.29) is 0 Å². The van der Waals surface area contributed by atoms with E-state index in [4.69, 9.17) is 0 Å². The van der Waals surface area contributed by atoms with Crippen LogP contribution in [0.4, 0.5) is 0 Å². The number of hydrogen-bond acceptors (Lipinski definition) is 2. The zero-order valence-corrected chi connectivity index (χ0v) is 12.4. The molecule has 0 atom stereocenters. The van der Waals surface area contributed by atoms with E-state index in [9.17, 15) is 0 Å². The Labute approximate surface area is 120 Å². The Balaban J connectivity index is 1.88. The molecular weight excluding hydrogens is 250 g/mol. The van der Waals surface area contributed by atoms with Gasteiger partial charge in [0.1, 0.15) is 0 Å². The fraction of sp³-hybridized carbons (Fsp3) is 0.294. The van der Waals surface area contributed by atoms with Crippen molar-refractivity contribution in [2.75, 3.05) is 6.54 Å². The highest BCUT2D eigenvalue weighted by Gasteiger charge is 1.98. The van der Waals surface area contributed by atoms with Gasteiger partial charge in [-0.25, -0.2) is 0 Å².